The van der Waals surface area contributed by atoms with E-state index in [2.05, 4.69) is 20.5 Å². The Kier molecular flexibility index (Phi) is 4.38. The third-order valence-electron chi connectivity index (χ3n) is 4.00. The van der Waals surface area contributed by atoms with Gasteiger partial charge in [0.25, 0.3) is 0 Å². The van der Waals surface area contributed by atoms with Gasteiger partial charge in [0.2, 0.25) is 5.91 Å². The maximum Gasteiger partial charge on any atom is 0.348 e. The highest BCUT2D eigenvalue weighted by Gasteiger charge is 2.29. The second-order valence-electron chi connectivity index (χ2n) is 5.77. The number of aryl methyl sites for hydroxylation is 3. The van der Waals surface area contributed by atoms with Crippen molar-refractivity contribution in [1.29, 1.82) is 0 Å². The van der Waals surface area contributed by atoms with Crippen molar-refractivity contribution in [3.05, 3.63) is 33.8 Å². The van der Waals surface area contributed by atoms with E-state index in [9.17, 15) is 9.59 Å². The number of morpholine rings is 1. The lowest BCUT2D eigenvalue weighted by Crippen LogP contribution is -2.45. The van der Waals surface area contributed by atoms with Crippen LogP contribution >= 0.6 is 0 Å². The zero-order valence-corrected chi connectivity index (χ0v) is 13.8. The SMILES string of the molecule is Cc1cc(C)n(CC(=O)N2CCOC(c3nnnn3C)C2)c(=O)n1. The number of carbonyl (C=O) groups is 1. The lowest BCUT2D eigenvalue weighted by atomic mass is 10.2. The number of hydrogen-bond acceptors (Lipinski definition) is 7. The highest BCUT2D eigenvalue weighted by Crippen LogP contribution is 2.19. The quantitative estimate of drug-likeness (QED) is 0.707. The topological polar surface area (TPSA) is 108 Å². The van der Waals surface area contributed by atoms with Crippen molar-refractivity contribution >= 4 is 5.91 Å². The second-order valence-corrected chi connectivity index (χ2v) is 5.77. The lowest BCUT2D eigenvalue weighted by molar-refractivity contribution is -0.140. The fourth-order valence-corrected chi connectivity index (χ4v) is 2.74. The van der Waals surface area contributed by atoms with Crippen molar-refractivity contribution in [2.75, 3.05) is 19.7 Å². The van der Waals surface area contributed by atoms with E-state index in [1.54, 1.807) is 31.9 Å². The van der Waals surface area contributed by atoms with Gasteiger partial charge in [0, 0.05) is 25.0 Å². The molecule has 0 spiro atoms. The zero-order valence-electron chi connectivity index (χ0n) is 13.8. The van der Waals surface area contributed by atoms with Crippen molar-refractivity contribution in [3.63, 3.8) is 0 Å². The summed E-state index contributed by atoms with van der Waals surface area (Å²) < 4.78 is 8.56. The molecule has 3 rings (SSSR count). The van der Waals surface area contributed by atoms with Gasteiger partial charge < -0.3 is 9.64 Å². The van der Waals surface area contributed by atoms with Crippen molar-refractivity contribution in [1.82, 2.24) is 34.7 Å². The number of aromatic nitrogens is 6. The number of ether oxygens (including phenoxy) is 1. The standard InChI is InChI=1S/C14H19N7O3/c1-9-6-10(2)21(14(23)15-9)8-12(22)20-4-5-24-11(7-20)13-16-17-18-19(13)3/h6,11H,4-5,7-8H2,1-3H3. The van der Waals surface area contributed by atoms with E-state index in [4.69, 9.17) is 4.74 Å². The Balaban J connectivity index is 1.74. The average molecular weight is 333 g/mol. The van der Waals surface area contributed by atoms with Crippen molar-refractivity contribution in [2.24, 2.45) is 7.05 Å². The molecule has 2 aromatic heterocycles. The summed E-state index contributed by atoms with van der Waals surface area (Å²) in [5.74, 6) is 0.409. The van der Waals surface area contributed by atoms with Crippen LogP contribution in [0.2, 0.25) is 0 Å². The Bertz CT molecular complexity index is 813. The molecule has 0 N–H and O–H groups in total. The van der Waals surface area contributed by atoms with Gasteiger partial charge in [-0.05, 0) is 30.3 Å². The normalized spacial score (nSPS) is 18.0. The van der Waals surface area contributed by atoms with E-state index < -0.39 is 5.69 Å². The molecule has 3 heterocycles. The van der Waals surface area contributed by atoms with Gasteiger partial charge in [-0.25, -0.2) is 9.48 Å². The molecule has 1 fully saturated rings. The molecule has 2 aromatic rings. The molecule has 128 valence electrons. The highest BCUT2D eigenvalue weighted by atomic mass is 16.5. The largest absolute Gasteiger partial charge is 0.366 e. The molecule has 1 atom stereocenters. The molecule has 24 heavy (non-hydrogen) atoms. The summed E-state index contributed by atoms with van der Waals surface area (Å²) in [6.45, 7) is 4.71. The van der Waals surface area contributed by atoms with E-state index >= 15 is 0 Å². The molecule has 1 unspecified atom stereocenters. The molecule has 0 saturated carbocycles. The van der Waals surface area contributed by atoms with Gasteiger partial charge in [-0.15, -0.1) is 5.10 Å². The Morgan fingerprint density at radius 2 is 2.21 bits per heavy atom. The van der Waals surface area contributed by atoms with Gasteiger partial charge >= 0.3 is 5.69 Å². The predicted molar refractivity (Wildman–Crippen MR) is 82.0 cm³/mol. The van der Waals surface area contributed by atoms with Crippen LogP contribution in [0, 0.1) is 13.8 Å². The van der Waals surface area contributed by atoms with Crippen molar-refractivity contribution in [2.45, 2.75) is 26.5 Å². The summed E-state index contributed by atoms with van der Waals surface area (Å²) in [5, 5.41) is 11.3. The number of hydrogen-bond donors (Lipinski definition) is 0. The number of carbonyl (C=O) groups excluding carboxylic acids is 1. The first-order chi connectivity index (χ1) is 11.5. The molecular formula is C14H19N7O3. The molecule has 10 heteroatoms. The molecule has 1 saturated heterocycles. The minimum absolute atomic E-state index is 0.0399. The van der Waals surface area contributed by atoms with Crippen molar-refractivity contribution < 1.29 is 9.53 Å². The van der Waals surface area contributed by atoms with E-state index in [0.29, 0.717) is 36.9 Å². The molecule has 0 bridgehead atoms. The van der Waals surface area contributed by atoms with Crippen LogP contribution in [-0.4, -0.2) is 60.3 Å². The van der Waals surface area contributed by atoms with Gasteiger partial charge in [-0.1, -0.05) is 0 Å². The maximum atomic E-state index is 12.6. The molecule has 1 aliphatic heterocycles. The van der Waals surface area contributed by atoms with Crippen molar-refractivity contribution in [3.8, 4) is 0 Å². The first-order valence-corrected chi connectivity index (χ1v) is 7.62. The van der Waals surface area contributed by atoms with Crippen LogP contribution in [0.5, 0.6) is 0 Å². The van der Waals surface area contributed by atoms with Crippen LogP contribution in [0.1, 0.15) is 23.3 Å². The van der Waals surface area contributed by atoms with Crippen LogP contribution in [0.4, 0.5) is 0 Å². The average Bonchev–Trinajstić information content (AvgIpc) is 2.97. The molecule has 0 aromatic carbocycles. The van der Waals surface area contributed by atoms with Crippen LogP contribution in [0.15, 0.2) is 10.9 Å². The number of amides is 1. The van der Waals surface area contributed by atoms with Gasteiger partial charge in [-0.2, -0.15) is 4.98 Å². The molecule has 1 amide bonds. The first-order valence-electron chi connectivity index (χ1n) is 7.62. The minimum Gasteiger partial charge on any atom is -0.366 e. The first kappa shape index (κ1) is 16.2. The van der Waals surface area contributed by atoms with Gasteiger partial charge in [0.1, 0.15) is 12.6 Å². The minimum atomic E-state index is -0.414. The Hall–Kier alpha value is -2.62. The van der Waals surface area contributed by atoms with Crippen LogP contribution in [0.25, 0.3) is 0 Å². The smallest absolute Gasteiger partial charge is 0.348 e. The van der Waals surface area contributed by atoms with Gasteiger partial charge in [0.15, 0.2) is 5.82 Å². The molecule has 0 radical (unpaired) electrons. The summed E-state index contributed by atoms with van der Waals surface area (Å²) in [4.78, 5) is 30.1. The predicted octanol–water partition coefficient (Wildman–Crippen LogP) is -1.02. The molecule has 10 nitrogen and oxygen atoms in total. The Morgan fingerprint density at radius 3 is 2.88 bits per heavy atom. The third-order valence-corrected chi connectivity index (χ3v) is 4.00. The summed E-state index contributed by atoms with van der Waals surface area (Å²) in [6.07, 6.45) is -0.378. The highest BCUT2D eigenvalue weighted by molar-refractivity contribution is 5.76. The van der Waals surface area contributed by atoms with Crippen LogP contribution in [0.3, 0.4) is 0 Å². The zero-order chi connectivity index (χ0) is 17.3. The Labute approximate surface area is 138 Å². The monoisotopic (exact) mass is 333 g/mol. The lowest BCUT2D eigenvalue weighted by Gasteiger charge is -2.32. The van der Waals surface area contributed by atoms with E-state index in [0.717, 1.165) is 0 Å². The fraction of sp³-hybridized carbons (Fsp3) is 0.571. The third kappa shape index (κ3) is 3.18. The van der Waals surface area contributed by atoms with Crippen LogP contribution < -0.4 is 5.69 Å². The number of nitrogens with zero attached hydrogens (tertiary/aromatic N) is 7. The van der Waals surface area contributed by atoms with E-state index in [-0.39, 0.29) is 18.6 Å². The fourth-order valence-electron chi connectivity index (χ4n) is 2.74. The van der Waals surface area contributed by atoms with Gasteiger partial charge in [0.05, 0.1) is 13.2 Å². The summed E-state index contributed by atoms with van der Waals surface area (Å²) in [5.41, 5.74) is 0.939. The summed E-state index contributed by atoms with van der Waals surface area (Å²) in [7, 11) is 1.72. The number of tetrazole rings is 1. The van der Waals surface area contributed by atoms with E-state index in [1.165, 1.54) is 9.25 Å². The Morgan fingerprint density at radius 1 is 1.42 bits per heavy atom. The van der Waals surface area contributed by atoms with E-state index in [1.807, 2.05) is 0 Å². The van der Waals surface area contributed by atoms with Gasteiger partial charge in [-0.3, -0.25) is 9.36 Å². The van der Waals surface area contributed by atoms with Crippen LogP contribution in [-0.2, 0) is 23.1 Å². The summed E-state index contributed by atoms with van der Waals surface area (Å²) in [6, 6.07) is 1.78. The second kappa shape index (κ2) is 6.48. The molecular weight excluding hydrogens is 314 g/mol. The molecule has 1 aliphatic rings. The number of rotatable bonds is 3. The maximum absolute atomic E-state index is 12.6. The summed E-state index contributed by atoms with van der Waals surface area (Å²) >= 11 is 0. The molecule has 0 aliphatic carbocycles.